The van der Waals surface area contributed by atoms with Crippen molar-refractivity contribution in [2.24, 2.45) is 0 Å². The van der Waals surface area contributed by atoms with Crippen molar-refractivity contribution in [1.82, 2.24) is 10.6 Å². The number of rotatable bonds is 2. The molecule has 1 fully saturated rings. The van der Waals surface area contributed by atoms with Gasteiger partial charge in [-0.3, -0.25) is 4.79 Å². The van der Waals surface area contributed by atoms with Crippen LogP contribution < -0.4 is 16.4 Å². The van der Waals surface area contributed by atoms with Crippen LogP contribution in [0.4, 0.5) is 5.69 Å². The molecule has 2 rings (SSSR count). The second-order valence-electron chi connectivity index (χ2n) is 4.61. The molecule has 1 aromatic carbocycles. The molecule has 1 amide bonds. The minimum atomic E-state index is -0.0602. The van der Waals surface area contributed by atoms with E-state index < -0.39 is 0 Å². The highest BCUT2D eigenvalue weighted by atomic mass is 16.5. The number of ether oxygens (including phenoxy) is 1. The first-order valence-electron chi connectivity index (χ1n) is 6.54. The predicted octanol–water partition coefficient (Wildman–Crippen LogP) is 1.01. The minimum Gasteiger partial charge on any atom is -0.399 e. The van der Waals surface area contributed by atoms with E-state index in [2.05, 4.69) is 10.6 Å². The van der Waals surface area contributed by atoms with Crippen molar-refractivity contribution in [3.05, 3.63) is 29.8 Å². The molecule has 0 spiro atoms. The van der Waals surface area contributed by atoms with Crippen molar-refractivity contribution in [1.29, 1.82) is 0 Å². The average molecular weight is 265 g/mol. The van der Waals surface area contributed by atoms with Crippen LogP contribution in [-0.4, -0.2) is 38.3 Å². The van der Waals surface area contributed by atoms with E-state index in [9.17, 15) is 4.79 Å². The van der Waals surface area contributed by atoms with E-state index in [0.29, 0.717) is 11.3 Å². The Bertz CT molecular complexity index is 361. The van der Waals surface area contributed by atoms with Gasteiger partial charge in [0.1, 0.15) is 0 Å². The van der Waals surface area contributed by atoms with Crippen LogP contribution in [0.3, 0.4) is 0 Å². The van der Waals surface area contributed by atoms with Crippen LogP contribution in [0.25, 0.3) is 0 Å². The summed E-state index contributed by atoms with van der Waals surface area (Å²) in [4.78, 5) is 11.4. The van der Waals surface area contributed by atoms with E-state index in [1.807, 2.05) is 13.8 Å². The molecule has 1 aliphatic heterocycles. The summed E-state index contributed by atoms with van der Waals surface area (Å²) in [7, 11) is 0. The van der Waals surface area contributed by atoms with Crippen LogP contribution >= 0.6 is 0 Å². The SMILES string of the molecule is C1COCCN1.CC(C)NC(=O)c1ccc(N)cc1. The lowest BCUT2D eigenvalue weighted by Gasteiger charge is -2.10. The molecule has 5 nitrogen and oxygen atoms in total. The summed E-state index contributed by atoms with van der Waals surface area (Å²) in [6, 6.07) is 7.02. The molecule has 0 bridgehead atoms. The second-order valence-corrected chi connectivity index (χ2v) is 4.61. The van der Waals surface area contributed by atoms with Crippen LogP contribution in [-0.2, 0) is 4.74 Å². The number of anilines is 1. The van der Waals surface area contributed by atoms with Gasteiger partial charge < -0.3 is 21.1 Å². The third kappa shape index (κ3) is 6.79. The summed E-state index contributed by atoms with van der Waals surface area (Å²) in [6.45, 7) is 7.68. The smallest absolute Gasteiger partial charge is 0.251 e. The number of morpholine rings is 1. The van der Waals surface area contributed by atoms with Gasteiger partial charge in [-0.25, -0.2) is 0 Å². The van der Waals surface area contributed by atoms with E-state index in [0.717, 1.165) is 26.3 Å². The number of nitrogens with two attached hydrogens (primary N) is 1. The molecule has 1 aromatic rings. The van der Waals surface area contributed by atoms with E-state index >= 15 is 0 Å². The van der Waals surface area contributed by atoms with Gasteiger partial charge in [-0.05, 0) is 38.1 Å². The van der Waals surface area contributed by atoms with Crippen molar-refractivity contribution >= 4 is 11.6 Å². The molecule has 0 atom stereocenters. The quantitative estimate of drug-likeness (QED) is 0.698. The van der Waals surface area contributed by atoms with Gasteiger partial charge in [-0.2, -0.15) is 0 Å². The lowest BCUT2D eigenvalue weighted by atomic mass is 10.2. The number of hydrogen-bond donors (Lipinski definition) is 3. The van der Waals surface area contributed by atoms with Gasteiger partial charge in [0, 0.05) is 30.4 Å². The number of nitrogens with one attached hydrogen (secondary N) is 2. The van der Waals surface area contributed by atoms with Crippen LogP contribution in [0.15, 0.2) is 24.3 Å². The number of hydrogen-bond acceptors (Lipinski definition) is 4. The van der Waals surface area contributed by atoms with Crippen molar-refractivity contribution in [2.45, 2.75) is 19.9 Å². The first kappa shape index (κ1) is 15.5. The van der Waals surface area contributed by atoms with Gasteiger partial charge in [0.2, 0.25) is 0 Å². The molecule has 0 saturated carbocycles. The number of nitrogen functional groups attached to an aromatic ring is 1. The third-order valence-electron chi connectivity index (χ3n) is 2.44. The summed E-state index contributed by atoms with van der Waals surface area (Å²) in [5.74, 6) is -0.0602. The van der Waals surface area contributed by atoms with Crippen LogP contribution in [0, 0.1) is 0 Å². The predicted molar refractivity (Wildman–Crippen MR) is 77.1 cm³/mol. The zero-order valence-electron chi connectivity index (χ0n) is 11.6. The summed E-state index contributed by atoms with van der Waals surface area (Å²) in [5.41, 5.74) is 6.81. The van der Waals surface area contributed by atoms with Gasteiger partial charge >= 0.3 is 0 Å². The Hall–Kier alpha value is -1.59. The molecule has 1 saturated heterocycles. The maximum absolute atomic E-state index is 11.4. The monoisotopic (exact) mass is 265 g/mol. The molecule has 0 unspecified atom stereocenters. The Balaban J connectivity index is 0.000000250. The van der Waals surface area contributed by atoms with Crippen molar-refractivity contribution in [3.8, 4) is 0 Å². The van der Waals surface area contributed by atoms with Gasteiger partial charge in [0.05, 0.1) is 13.2 Å². The first-order valence-corrected chi connectivity index (χ1v) is 6.54. The fraction of sp³-hybridized carbons (Fsp3) is 0.500. The summed E-state index contributed by atoms with van der Waals surface area (Å²) in [5, 5.41) is 5.96. The Morgan fingerprint density at radius 2 is 1.84 bits per heavy atom. The summed E-state index contributed by atoms with van der Waals surface area (Å²) >= 11 is 0. The number of benzene rings is 1. The highest BCUT2D eigenvalue weighted by Crippen LogP contribution is 2.05. The second kappa shape index (κ2) is 8.50. The molecule has 0 aliphatic carbocycles. The topological polar surface area (TPSA) is 76.4 Å². The Kier molecular flexibility index (Phi) is 6.92. The lowest BCUT2D eigenvalue weighted by Crippen LogP contribution is -2.30. The van der Waals surface area contributed by atoms with Gasteiger partial charge in [-0.1, -0.05) is 0 Å². The fourth-order valence-corrected chi connectivity index (χ4v) is 1.50. The van der Waals surface area contributed by atoms with E-state index in [4.69, 9.17) is 10.5 Å². The number of carbonyl (C=O) groups is 1. The van der Waals surface area contributed by atoms with E-state index in [-0.39, 0.29) is 11.9 Å². The molecule has 5 heteroatoms. The average Bonchev–Trinajstić information content (AvgIpc) is 2.41. The van der Waals surface area contributed by atoms with Crippen LogP contribution in [0.2, 0.25) is 0 Å². The highest BCUT2D eigenvalue weighted by Gasteiger charge is 2.05. The van der Waals surface area contributed by atoms with Gasteiger partial charge in [-0.15, -0.1) is 0 Å². The summed E-state index contributed by atoms with van der Waals surface area (Å²) < 4.78 is 5.01. The maximum Gasteiger partial charge on any atom is 0.251 e. The molecule has 19 heavy (non-hydrogen) atoms. The summed E-state index contributed by atoms with van der Waals surface area (Å²) in [6.07, 6.45) is 0. The van der Waals surface area contributed by atoms with Crippen LogP contribution in [0.5, 0.6) is 0 Å². The molecular weight excluding hydrogens is 242 g/mol. The molecule has 1 aliphatic rings. The van der Waals surface area contributed by atoms with E-state index in [1.165, 1.54) is 0 Å². The van der Waals surface area contributed by atoms with Gasteiger partial charge in [0.25, 0.3) is 5.91 Å². The largest absolute Gasteiger partial charge is 0.399 e. The minimum absolute atomic E-state index is 0.0602. The first-order chi connectivity index (χ1) is 9.09. The molecule has 0 radical (unpaired) electrons. The fourth-order valence-electron chi connectivity index (χ4n) is 1.50. The van der Waals surface area contributed by atoms with Crippen LogP contribution in [0.1, 0.15) is 24.2 Å². The lowest BCUT2D eigenvalue weighted by molar-refractivity contribution is 0.0943. The van der Waals surface area contributed by atoms with Gasteiger partial charge in [0.15, 0.2) is 0 Å². The molecule has 0 aromatic heterocycles. The molecule has 106 valence electrons. The third-order valence-corrected chi connectivity index (χ3v) is 2.44. The highest BCUT2D eigenvalue weighted by molar-refractivity contribution is 5.94. The Morgan fingerprint density at radius 3 is 2.21 bits per heavy atom. The molecule has 1 heterocycles. The Morgan fingerprint density at radius 1 is 1.26 bits per heavy atom. The standard InChI is InChI=1S/C10H14N2O.C4H9NO/c1-7(2)12-10(13)8-3-5-9(11)6-4-8;1-3-6-4-2-5-1/h3-7H,11H2,1-2H3,(H,12,13);5H,1-4H2. The molecule has 4 N–H and O–H groups in total. The zero-order chi connectivity index (χ0) is 14.1. The maximum atomic E-state index is 11.4. The van der Waals surface area contributed by atoms with E-state index in [1.54, 1.807) is 24.3 Å². The molecular formula is C14H23N3O2. The van der Waals surface area contributed by atoms with Crippen molar-refractivity contribution in [3.63, 3.8) is 0 Å². The Labute approximate surface area is 114 Å². The number of carbonyl (C=O) groups excluding carboxylic acids is 1. The van der Waals surface area contributed by atoms with Crippen molar-refractivity contribution in [2.75, 3.05) is 32.0 Å². The number of amides is 1. The zero-order valence-corrected chi connectivity index (χ0v) is 11.6. The van der Waals surface area contributed by atoms with Crippen molar-refractivity contribution < 1.29 is 9.53 Å². The normalized spacial score (nSPS) is 14.5.